The zero-order chi connectivity index (χ0) is 16.7. The van der Waals surface area contributed by atoms with Gasteiger partial charge in [0.2, 0.25) is 0 Å². The van der Waals surface area contributed by atoms with E-state index in [9.17, 15) is 4.79 Å². The van der Waals surface area contributed by atoms with Gasteiger partial charge in [-0.15, -0.1) is 17.8 Å². The number of carbonyl (C=O) groups is 1. The summed E-state index contributed by atoms with van der Waals surface area (Å²) in [5.41, 5.74) is 3.08. The molecule has 5 nitrogen and oxygen atoms in total. The molecule has 0 aliphatic heterocycles. The van der Waals surface area contributed by atoms with Crippen LogP contribution in [0.4, 0.5) is 0 Å². The molecule has 1 N–H and O–H groups in total. The topological polar surface area (TPSA) is 59.9 Å². The summed E-state index contributed by atoms with van der Waals surface area (Å²) in [6.07, 6.45) is 6.63. The Bertz CT molecular complexity index is 751. The van der Waals surface area contributed by atoms with Gasteiger partial charge in [0, 0.05) is 0 Å². The van der Waals surface area contributed by atoms with Gasteiger partial charge >= 0.3 is 0 Å². The third kappa shape index (κ3) is 4.49. The standard InChI is InChI=1S/C16H13ClN2O3S/c1-3-6-22-15-12(17)8-11(9-13(15)21-2)10-18-19-16(20)14-5-4-7-23-14/h1,4-5,7-10H,6H2,2H3,(H,19,20)/b18-10-. The predicted molar refractivity (Wildman–Crippen MR) is 91.7 cm³/mol. The SMILES string of the molecule is C#CCOc1c(Cl)cc(/C=N\NC(=O)c2cccs2)cc1OC. The first-order chi connectivity index (χ1) is 11.2. The van der Waals surface area contributed by atoms with Crippen molar-refractivity contribution in [1.29, 1.82) is 0 Å². The lowest BCUT2D eigenvalue weighted by atomic mass is 10.2. The molecule has 1 amide bonds. The van der Waals surface area contributed by atoms with Crippen LogP contribution in [0, 0.1) is 12.3 Å². The van der Waals surface area contributed by atoms with E-state index >= 15 is 0 Å². The minimum absolute atomic E-state index is 0.0837. The third-order valence-corrected chi connectivity index (χ3v) is 3.83. The summed E-state index contributed by atoms with van der Waals surface area (Å²) in [4.78, 5) is 12.3. The fraction of sp³-hybridized carbons (Fsp3) is 0.125. The lowest BCUT2D eigenvalue weighted by Gasteiger charge is -2.11. The second-order valence-electron chi connectivity index (χ2n) is 4.20. The van der Waals surface area contributed by atoms with Gasteiger partial charge in [0.1, 0.15) is 6.61 Å². The molecule has 0 aliphatic carbocycles. The highest BCUT2D eigenvalue weighted by molar-refractivity contribution is 7.12. The number of rotatable bonds is 6. The van der Waals surface area contributed by atoms with E-state index in [2.05, 4.69) is 16.4 Å². The lowest BCUT2D eigenvalue weighted by molar-refractivity contribution is 0.0959. The van der Waals surface area contributed by atoms with Crippen molar-refractivity contribution in [3.05, 3.63) is 45.1 Å². The fourth-order valence-electron chi connectivity index (χ4n) is 1.70. The number of benzene rings is 1. The maximum atomic E-state index is 11.8. The molecule has 0 fully saturated rings. The van der Waals surface area contributed by atoms with Gasteiger partial charge in [-0.2, -0.15) is 5.10 Å². The number of nitrogens with zero attached hydrogens (tertiary/aromatic N) is 1. The number of hydrogen-bond donors (Lipinski definition) is 1. The zero-order valence-electron chi connectivity index (χ0n) is 12.2. The average molecular weight is 349 g/mol. The molecule has 0 radical (unpaired) electrons. The molecule has 0 aliphatic rings. The van der Waals surface area contributed by atoms with Crippen LogP contribution in [0.15, 0.2) is 34.7 Å². The number of methoxy groups -OCH3 is 1. The van der Waals surface area contributed by atoms with Crippen LogP contribution in [0.1, 0.15) is 15.2 Å². The summed E-state index contributed by atoms with van der Waals surface area (Å²) >= 11 is 7.49. The molecule has 0 atom stereocenters. The van der Waals surface area contributed by atoms with Gasteiger partial charge in [0.05, 0.1) is 23.2 Å². The maximum absolute atomic E-state index is 11.8. The summed E-state index contributed by atoms with van der Waals surface area (Å²) in [7, 11) is 1.49. The molecule has 7 heteroatoms. The van der Waals surface area contributed by atoms with E-state index in [-0.39, 0.29) is 12.5 Å². The van der Waals surface area contributed by atoms with Gasteiger partial charge in [0.15, 0.2) is 11.5 Å². The summed E-state index contributed by atoms with van der Waals surface area (Å²) in [5, 5.41) is 6.06. The zero-order valence-corrected chi connectivity index (χ0v) is 13.8. The van der Waals surface area contributed by atoms with Crippen molar-refractivity contribution in [2.45, 2.75) is 0 Å². The predicted octanol–water partition coefficient (Wildman–Crippen LogP) is 3.19. The molecule has 0 unspecified atom stereocenters. The number of terminal acetylenes is 1. The Labute approximate surface area is 142 Å². The smallest absolute Gasteiger partial charge is 0.281 e. The number of hydrazone groups is 1. The Morgan fingerprint density at radius 2 is 2.39 bits per heavy atom. The van der Waals surface area contributed by atoms with Crippen molar-refractivity contribution in [2.75, 3.05) is 13.7 Å². The minimum atomic E-state index is -0.275. The van der Waals surface area contributed by atoms with Crippen molar-refractivity contribution >= 4 is 35.1 Å². The van der Waals surface area contributed by atoms with Crippen LogP contribution in [0.5, 0.6) is 11.5 Å². The first-order valence-corrected chi connectivity index (χ1v) is 7.72. The van der Waals surface area contributed by atoms with Crippen LogP contribution >= 0.6 is 22.9 Å². The van der Waals surface area contributed by atoms with Crippen LogP contribution in [-0.4, -0.2) is 25.8 Å². The molecule has 0 saturated heterocycles. The van der Waals surface area contributed by atoms with Crippen LogP contribution in [-0.2, 0) is 0 Å². The lowest BCUT2D eigenvalue weighted by Crippen LogP contribution is -2.16. The highest BCUT2D eigenvalue weighted by Crippen LogP contribution is 2.35. The Hall–Kier alpha value is -2.49. The molecule has 0 saturated carbocycles. The largest absolute Gasteiger partial charge is 0.493 e. The van der Waals surface area contributed by atoms with E-state index in [4.69, 9.17) is 27.5 Å². The molecule has 1 aromatic heterocycles. The van der Waals surface area contributed by atoms with Gasteiger partial charge in [-0.05, 0) is 29.1 Å². The van der Waals surface area contributed by atoms with Gasteiger partial charge in [-0.3, -0.25) is 4.79 Å². The molecule has 118 valence electrons. The molecule has 23 heavy (non-hydrogen) atoms. The van der Waals surface area contributed by atoms with Crippen LogP contribution in [0.25, 0.3) is 0 Å². The minimum Gasteiger partial charge on any atom is -0.493 e. The number of halogens is 1. The van der Waals surface area contributed by atoms with E-state index in [1.54, 1.807) is 24.3 Å². The summed E-state index contributed by atoms with van der Waals surface area (Å²) in [6.45, 7) is 0.0837. The summed E-state index contributed by atoms with van der Waals surface area (Å²) < 4.78 is 10.6. The van der Waals surface area contributed by atoms with Gasteiger partial charge in [0.25, 0.3) is 5.91 Å². The first kappa shape index (κ1) is 16.9. The molecular formula is C16H13ClN2O3S. The highest BCUT2D eigenvalue weighted by atomic mass is 35.5. The summed E-state index contributed by atoms with van der Waals surface area (Å²) in [5.74, 6) is 2.88. The van der Waals surface area contributed by atoms with E-state index in [0.717, 1.165) is 0 Å². The molecule has 2 aromatic rings. The number of ether oxygens (including phenoxy) is 2. The van der Waals surface area contributed by atoms with Crippen molar-refractivity contribution in [1.82, 2.24) is 5.43 Å². The fourth-order valence-corrected chi connectivity index (χ4v) is 2.58. The monoisotopic (exact) mass is 348 g/mol. The van der Waals surface area contributed by atoms with Gasteiger partial charge < -0.3 is 9.47 Å². The van der Waals surface area contributed by atoms with Crippen molar-refractivity contribution < 1.29 is 14.3 Å². The molecule has 0 bridgehead atoms. The Kier molecular flexibility index (Phi) is 6.03. The van der Waals surface area contributed by atoms with E-state index in [1.165, 1.54) is 24.7 Å². The van der Waals surface area contributed by atoms with Crippen molar-refractivity contribution in [3.63, 3.8) is 0 Å². The maximum Gasteiger partial charge on any atom is 0.281 e. The number of carbonyl (C=O) groups excluding carboxylic acids is 1. The molecule has 2 rings (SSSR count). The number of hydrogen-bond acceptors (Lipinski definition) is 5. The summed E-state index contributed by atoms with van der Waals surface area (Å²) in [6, 6.07) is 6.82. The third-order valence-electron chi connectivity index (χ3n) is 2.68. The second kappa shape index (κ2) is 8.22. The number of nitrogens with one attached hydrogen (secondary N) is 1. The molecule has 1 heterocycles. The van der Waals surface area contributed by atoms with E-state index < -0.39 is 0 Å². The van der Waals surface area contributed by atoms with Crippen LogP contribution < -0.4 is 14.9 Å². The molecule has 0 spiro atoms. The van der Waals surface area contributed by atoms with Crippen LogP contribution in [0.2, 0.25) is 5.02 Å². The second-order valence-corrected chi connectivity index (χ2v) is 5.56. The van der Waals surface area contributed by atoms with Gasteiger partial charge in [-0.25, -0.2) is 5.43 Å². The normalized spacial score (nSPS) is 10.3. The van der Waals surface area contributed by atoms with Gasteiger partial charge in [-0.1, -0.05) is 23.6 Å². The van der Waals surface area contributed by atoms with Crippen LogP contribution in [0.3, 0.4) is 0 Å². The average Bonchev–Trinajstić information content (AvgIpc) is 3.08. The first-order valence-electron chi connectivity index (χ1n) is 6.46. The number of thiophene rings is 1. The Morgan fingerprint density at radius 1 is 1.57 bits per heavy atom. The highest BCUT2D eigenvalue weighted by Gasteiger charge is 2.11. The van der Waals surface area contributed by atoms with E-state index in [0.29, 0.717) is 27.0 Å². The Morgan fingerprint density at radius 3 is 3.04 bits per heavy atom. The quantitative estimate of drug-likeness (QED) is 0.495. The Balaban J connectivity index is 2.11. The number of amides is 1. The van der Waals surface area contributed by atoms with E-state index in [1.807, 2.05) is 5.38 Å². The molecule has 1 aromatic carbocycles. The van der Waals surface area contributed by atoms with Crippen molar-refractivity contribution in [3.8, 4) is 23.8 Å². The molecular weight excluding hydrogens is 336 g/mol. The van der Waals surface area contributed by atoms with Crippen molar-refractivity contribution in [2.24, 2.45) is 5.10 Å².